The molecule has 0 saturated carbocycles. The SMILES string of the molecule is CCn1cc([N+](=O)[O-])c(C(=O)Nc2ccn(Cc3ccc(Cl)cc3Cl)n2)n1. The molecule has 0 spiro atoms. The van der Waals surface area contributed by atoms with Crippen LogP contribution < -0.4 is 5.32 Å². The maximum absolute atomic E-state index is 12.4. The molecular formula is C16H14Cl2N6O3. The van der Waals surface area contributed by atoms with Gasteiger partial charge in [0, 0.05) is 28.9 Å². The van der Waals surface area contributed by atoms with Gasteiger partial charge in [0.1, 0.15) is 6.20 Å². The lowest BCUT2D eigenvalue weighted by Crippen LogP contribution is -2.15. The van der Waals surface area contributed by atoms with E-state index in [-0.39, 0.29) is 17.2 Å². The van der Waals surface area contributed by atoms with Gasteiger partial charge in [-0.15, -0.1) is 0 Å². The van der Waals surface area contributed by atoms with E-state index in [1.54, 1.807) is 42.1 Å². The number of nitro groups is 1. The van der Waals surface area contributed by atoms with Gasteiger partial charge >= 0.3 is 5.69 Å². The van der Waals surface area contributed by atoms with Crippen LogP contribution in [0.4, 0.5) is 11.5 Å². The number of carbonyl (C=O) groups is 1. The molecular weight excluding hydrogens is 395 g/mol. The first-order valence-electron chi connectivity index (χ1n) is 7.88. The summed E-state index contributed by atoms with van der Waals surface area (Å²) >= 11 is 12.0. The van der Waals surface area contributed by atoms with Crippen molar-refractivity contribution < 1.29 is 9.72 Å². The van der Waals surface area contributed by atoms with E-state index in [0.717, 1.165) is 5.56 Å². The highest BCUT2D eigenvalue weighted by atomic mass is 35.5. The number of nitrogens with zero attached hydrogens (tertiary/aromatic N) is 5. The Bertz CT molecular complexity index is 1010. The molecule has 140 valence electrons. The Hall–Kier alpha value is -2.91. The van der Waals surface area contributed by atoms with E-state index in [1.165, 1.54) is 10.9 Å². The van der Waals surface area contributed by atoms with Gasteiger partial charge < -0.3 is 5.32 Å². The fourth-order valence-electron chi connectivity index (χ4n) is 2.38. The van der Waals surface area contributed by atoms with Crippen molar-refractivity contribution in [3.05, 3.63) is 68.1 Å². The molecule has 0 atom stereocenters. The normalized spacial score (nSPS) is 10.8. The van der Waals surface area contributed by atoms with Gasteiger partial charge in [-0.3, -0.25) is 24.3 Å². The number of benzene rings is 1. The molecule has 0 aliphatic rings. The number of anilines is 1. The predicted octanol–water partition coefficient (Wildman–Crippen LogP) is 3.62. The van der Waals surface area contributed by atoms with E-state index in [4.69, 9.17) is 23.2 Å². The summed E-state index contributed by atoms with van der Waals surface area (Å²) in [5.41, 5.74) is 0.179. The highest BCUT2D eigenvalue weighted by molar-refractivity contribution is 6.35. The largest absolute Gasteiger partial charge is 0.320 e. The number of halogens is 2. The van der Waals surface area contributed by atoms with Gasteiger partial charge in [-0.05, 0) is 24.6 Å². The van der Waals surface area contributed by atoms with Crippen LogP contribution in [0.3, 0.4) is 0 Å². The summed E-state index contributed by atoms with van der Waals surface area (Å²) in [6.45, 7) is 2.54. The molecule has 11 heteroatoms. The number of amides is 1. The van der Waals surface area contributed by atoms with Crippen molar-refractivity contribution in [2.75, 3.05) is 5.32 Å². The molecule has 2 heterocycles. The molecule has 1 amide bonds. The molecule has 0 radical (unpaired) electrons. The van der Waals surface area contributed by atoms with Crippen LogP contribution >= 0.6 is 23.2 Å². The Kier molecular flexibility index (Phi) is 5.43. The first-order valence-corrected chi connectivity index (χ1v) is 8.63. The molecule has 3 rings (SSSR count). The second-order valence-corrected chi connectivity index (χ2v) is 6.41. The minimum absolute atomic E-state index is 0.241. The van der Waals surface area contributed by atoms with Crippen LogP contribution in [0.25, 0.3) is 0 Å². The van der Waals surface area contributed by atoms with Crippen LogP contribution in [0.5, 0.6) is 0 Å². The molecule has 0 unspecified atom stereocenters. The number of aryl methyl sites for hydroxylation is 1. The molecule has 1 N–H and O–H groups in total. The molecule has 0 saturated heterocycles. The van der Waals surface area contributed by atoms with Crippen molar-refractivity contribution in [1.29, 1.82) is 0 Å². The zero-order valence-electron chi connectivity index (χ0n) is 14.1. The summed E-state index contributed by atoms with van der Waals surface area (Å²) in [5, 5.41) is 22.8. The smallest absolute Gasteiger partial charge is 0.303 e. The van der Waals surface area contributed by atoms with E-state index in [0.29, 0.717) is 23.1 Å². The summed E-state index contributed by atoms with van der Waals surface area (Å²) < 4.78 is 2.90. The van der Waals surface area contributed by atoms with Crippen LogP contribution in [-0.2, 0) is 13.1 Å². The maximum Gasteiger partial charge on any atom is 0.320 e. The lowest BCUT2D eigenvalue weighted by Gasteiger charge is -2.05. The molecule has 0 fully saturated rings. The summed E-state index contributed by atoms with van der Waals surface area (Å²) in [5.74, 6) is -0.464. The van der Waals surface area contributed by atoms with Gasteiger partial charge in [-0.1, -0.05) is 29.3 Å². The average Bonchev–Trinajstić information content (AvgIpc) is 3.24. The second-order valence-electron chi connectivity index (χ2n) is 5.56. The van der Waals surface area contributed by atoms with Gasteiger partial charge in [0.05, 0.1) is 11.5 Å². The Labute approximate surface area is 163 Å². The zero-order chi connectivity index (χ0) is 19.6. The minimum Gasteiger partial charge on any atom is -0.303 e. The summed E-state index contributed by atoms with van der Waals surface area (Å²) in [7, 11) is 0. The average molecular weight is 409 g/mol. The molecule has 0 bridgehead atoms. The van der Waals surface area contributed by atoms with Crippen molar-refractivity contribution in [3.63, 3.8) is 0 Å². The predicted molar refractivity (Wildman–Crippen MR) is 100 cm³/mol. The molecule has 9 nitrogen and oxygen atoms in total. The van der Waals surface area contributed by atoms with E-state index in [2.05, 4.69) is 15.5 Å². The van der Waals surface area contributed by atoms with Gasteiger partial charge in [0.15, 0.2) is 5.82 Å². The molecule has 27 heavy (non-hydrogen) atoms. The number of hydrogen-bond acceptors (Lipinski definition) is 5. The quantitative estimate of drug-likeness (QED) is 0.494. The molecule has 0 aliphatic heterocycles. The van der Waals surface area contributed by atoms with Gasteiger partial charge in [-0.2, -0.15) is 10.2 Å². The van der Waals surface area contributed by atoms with Crippen LogP contribution in [0, 0.1) is 10.1 Å². The van der Waals surface area contributed by atoms with E-state index in [1.807, 2.05) is 0 Å². The number of rotatable bonds is 6. The van der Waals surface area contributed by atoms with Gasteiger partial charge in [0.2, 0.25) is 5.69 Å². The zero-order valence-corrected chi connectivity index (χ0v) is 15.6. The number of hydrogen-bond donors (Lipinski definition) is 1. The van der Waals surface area contributed by atoms with Crippen molar-refractivity contribution in [2.45, 2.75) is 20.0 Å². The van der Waals surface area contributed by atoms with Crippen molar-refractivity contribution in [3.8, 4) is 0 Å². The third-order valence-corrected chi connectivity index (χ3v) is 4.29. The van der Waals surface area contributed by atoms with Gasteiger partial charge in [-0.25, -0.2) is 0 Å². The van der Waals surface area contributed by atoms with Gasteiger partial charge in [0.25, 0.3) is 5.91 Å². The van der Waals surface area contributed by atoms with Crippen LogP contribution in [0.1, 0.15) is 23.0 Å². The Morgan fingerprint density at radius 2 is 2.04 bits per heavy atom. The monoisotopic (exact) mass is 408 g/mol. The molecule has 1 aromatic carbocycles. The fourth-order valence-corrected chi connectivity index (χ4v) is 2.85. The number of aromatic nitrogens is 4. The lowest BCUT2D eigenvalue weighted by molar-refractivity contribution is -0.385. The number of carbonyl (C=O) groups excluding carboxylic acids is 1. The van der Waals surface area contributed by atoms with Crippen LogP contribution in [0.15, 0.2) is 36.7 Å². The summed E-state index contributed by atoms with van der Waals surface area (Å²) in [6.07, 6.45) is 2.87. The Balaban J connectivity index is 1.75. The maximum atomic E-state index is 12.4. The fraction of sp³-hybridized carbons (Fsp3) is 0.188. The first-order chi connectivity index (χ1) is 12.9. The molecule has 2 aromatic heterocycles. The summed E-state index contributed by atoms with van der Waals surface area (Å²) in [6, 6.07) is 6.71. The highest BCUT2D eigenvalue weighted by Gasteiger charge is 2.25. The van der Waals surface area contributed by atoms with Crippen LogP contribution in [0.2, 0.25) is 10.0 Å². The topological polar surface area (TPSA) is 108 Å². The highest BCUT2D eigenvalue weighted by Crippen LogP contribution is 2.22. The van der Waals surface area contributed by atoms with Crippen molar-refractivity contribution >= 4 is 40.6 Å². The summed E-state index contributed by atoms with van der Waals surface area (Å²) in [4.78, 5) is 22.8. The lowest BCUT2D eigenvalue weighted by atomic mass is 10.2. The van der Waals surface area contributed by atoms with E-state index in [9.17, 15) is 14.9 Å². The minimum atomic E-state index is -0.705. The second kappa shape index (κ2) is 7.77. The Morgan fingerprint density at radius 1 is 1.26 bits per heavy atom. The van der Waals surface area contributed by atoms with Crippen molar-refractivity contribution in [2.24, 2.45) is 0 Å². The number of nitrogens with one attached hydrogen (secondary N) is 1. The van der Waals surface area contributed by atoms with Crippen molar-refractivity contribution in [1.82, 2.24) is 19.6 Å². The molecule has 0 aliphatic carbocycles. The van der Waals surface area contributed by atoms with Crippen LogP contribution in [-0.4, -0.2) is 30.4 Å². The molecule has 3 aromatic rings. The standard InChI is InChI=1S/C16H14Cl2N6O3/c1-2-22-9-13(24(26)27)15(21-22)16(25)19-14-5-6-23(20-14)8-10-3-4-11(17)7-12(10)18/h3-7,9H,2,8H2,1H3,(H,19,20,25). The van der Waals surface area contributed by atoms with E-state index < -0.39 is 10.8 Å². The van der Waals surface area contributed by atoms with E-state index >= 15 is 0 Å². The Morgan fingerprint density at radius 3 is 2.70 bits per heavy atom. The third kappa shape index (κ3) is 4.26. The first kappa shape index (κ1) is 18.9. The third-order valence-electron chi connectivity index (χ3n) is 3.71.